The molecular weight excluding hydrogens is 225 g/mol. The minimum atomic E-state index is -0.135. The van der Waals surface area contributed by atoms with Crippen LogP contribution in [-0.4, -0.2) is 0 Å². The average Bonchev–Trinajstić information content (AvgIpc) is 2.38. The lowest BCUT2D eigenvalue weighted by Gasteiger charge is -2.05. The Morgan fingerprint density at radius 3 is 2.28 bits per heavy atom. The Morgan fingerprint density at radius 2 is 1.67 bits per heavy atom. The summed E-state index contributed by atoms with van der Waals surface area (Å²) in [5.74, 6) is -0.135. The predicted molar refractivity (Wildman–Crippen MR) is 73.5 cm³/mol. The molecule has 2 heteroatoms. The Kier molecular flexibility index (Phi) is 3.78. The van der Waals surface area contributed by atoms with Crippen LogP contribution in [0.4, 0.5) is 4.39 Å². The third kappa shape index (κ3) is 2.98. The van der Waals surface area contributed by atoms with E-state index in [4.69, 9.17) is 5.73 Å². The molecule has 0 radical (unpaired) electrons. The van der Waals surface area contributed by atoms with Crippen molar-refractivity contribution in [3.8, 4) is 0 Å². The van der Waals surface area contributed by atoms with Gasteiger partial charge in [0, 0.05) is 5.70 Å². The Balaban J connectivity index is 2.02. The van der Waals surface area contributed by atoms with E-state index in [-0.39, 0.29) is 5.82 Å². The van der Waals surface area contributed by atoms with Crippen molar-refractivity contribution >= 4 is 5.70 Å². The first-order chi connectivity index (χ1) is 8.66. The van der Waals surface area contributed by atoms with Gasteiger partial charge >= 0.3 is 0 Å². The van der Waals surface area contributed by atoms with E-state index >= 15 is 0 Å². The zero-order chi connectivity index (χ0) is 13.0. The van der Waals surface area contributed by atoms with Crippen LogP contribution in [0.15, 0.2) is 55.1 Å². The van der Waals surface area contributed by atoms with Gasteiger partial charge < -0.3 is 5.73 Å². The van der Waals surface area contributed by atoms with Gasteiger partial charge in [0.25, 0.3) is 0 Å². The molecule has 2 aromatic rings. The molecule has 2 aromatic carbocycles. The highest BCUT2D eigenvalue weighted by molar-refractivity contribution is 5.60. The van der Waals surface area contributed by atoms with Crippen molar-refractivity contribution in [1.82, 2.24) is 0 Å². The highest BCUT2D eigenvalue weighted by atomic mass is 19.1. The number of aryl methyl sites for hydroxylation is 2. The van der Waals surface area contributed by atoms with Gasteiger partial charge in [0.2, 0.25) is 0 Å². The molecule has 0 heterocycles. The molecule has 0 fully saturated rings. The van der Waals surface area contributed by atoms with Crippen molar-refractivity contribution in [2.75, 3.05) is 0 Å². The lowest BCUT2D eigenvalue weighted by atomic mass is 10.0. The molecule has 1 nitrogen and oxygen atoms in total. The van der Waals surface area contributed by atoms with Gasteiger partial charge in [-0.1, -0.05) is 49.0 Å². The topological polar surface area (TPSA) is 26.0 Å². The van der Waals surface area contributed by atoms with Gasteiger partial charge in [-0.2, -0.15) is 0 Å². The van der Waals surface area contributed by atoms with Crippen LogP contribution in [0.3, 0.4) is 0 Å². The molecule has 0 aliphatic rings. The molecule has 0 unspecified atom stereocenters. The number of rotatable bonds is 4. The summed E-state index contributed by atoms with van der Waals surface area (Å²) in [6, 6.07) is 14.8. The second kappa shape index (κ2) is 5.50. The average molecular weight is 241 g/mol. The van der Waals surface area contributed by atoms with E-state index in [0.29, 0.717) is 12.1 Å². The maximum atomic E-state index is 13.4. The van der Waals surface area contributed by atoms with Gasteiger partial charge in [0.1, 0.15) is 5.82 Å². The highest BCUT2D eigenvalue weighted by Crippen LogP contribution is 2.13. The summed E-state index contributed by atoms with van der Waals surface area (Å²) < 4.78 is 13.4. The van der Waals surface area contributed by atoms with Crippen LogP contribution in [0, 0.1) is 5.82 Å². The summed E-state index contributed by atoms with van der Waals surface area (Å²) in [5.41, 5.74) is 9.03. The first-order valence-electron chi connectivity index (χ1n) is 5.94. The summed E-state index contributed by atoms with van der Waals surface area (Å²) in [5, 5.41) is 0. The first-order valence-corrected chi connectivity index (χ1v) is 5.94. The number of benzene rings is 2. The van der Waals surface area contributed by atoms with Crippen LogP contribution >= 0.6 is 0 Å². The fourth-order valence-corrected chi connectivity index (χ4v) is 1.87. The maximum absolute atomic E-state index is 13.4. The molecule has 2 rings (SSSR count). The molecule has 0 saturated carbocycles. The van der Waals surface area contributed by atoms with E-state index in [2.05, 4.69) is 6.58 Å². The van der Waals surface area contributed by atoms with E-state index < -0.39 is 0 Å². The highest BCUT2D eigenvalue weighted by Gasteiger charge is 2.01. The molecule has 0 saturated heterocycles. The second-order valence-electron chi connectivity index (χ2n) is 4.31. The molecule has 18 heavy (non-hydrogen) atoms. The lowest BCUT2D eigenvalue weighted by molar-refractivity contribution is 0.608. The Bertz CT molecular complexity index is 543. The van der Waals surface area contributed by atoms with Crippen molar-refractivity contribution < 1.29 is 4.39 Å². The SMILES string of the molecule is C=C(N)c1ccc(CCc2ccccc2F)cc1. The first kappa shape index (κ1) is 12.4. The summed E-state index contributed by atoms with van der Waals surface area (Å²) in [6.45, 7) is 3.69. The van der Waals surface area contributed by atoms with Crippen LogP contribution in [0.5, 0.6) is 0 Å². The normalized spacial score (nSPS) is 10.3. The van der Waals surface area contributed by atoms with Crippen molar-refractivity contribution in [2.45, 2.75) is 12.8 Å². The Hall–Kier alpha value is -2.09. The minimum absolute atomic E-state index is 0.135. The van der Waals surface area contributed by atoms with Gasteiger partial charge in [-0.3, -0.25) is 0 Å². The fourth-order valence-electron chi connectivity index (χ4n) is 1.87. The van der Waals surface area contributed by atoms with Crippen molar-refractivity contribution in [3.05, 3.63) is 77.6 Å². The predicted octanol–water partition coefficient (Wildman–Crippen LogP) is 3.54. The van der Waals surface area contributed by atoms with E-state index in [1.54, 1.807) is 6.07 Å². The Morgan fingerprint density at radius 1 is 1.00 bits per heavy atom. The largest absolute Gasteiger partial charge is 0.399 e. The van der Waals surface area contributed by atoms with Crippen molar-refractivity contribution in [1.29, 1.82) is 0 Å². The molecule has 2 N–H and O–H groups in total. The molecule has 0 atom stereocenters. The Labute approximate surface area is 107 Å². The van der Waals surface area contributed by atoms with Crippen LogP contribution in [0.2, 0.25) is 0 Å². The number of nitrogens with two attached hydrogens (primary N) is 1. The third-order valence-corrected chi connectivity index (χ3v) is 2.97. The molecular formula is C16H16FN. The quantitative estimate of drug-likeness (QED) is 0.870. The summed E-state index contributed by atoms with van der Waals surface area (Å²) in [6.07, 6.45) is 1.52. The van der Waals surface area contributed by atoms with Gasteiger partial charge in [0.15, 0.2) is 0 Å². The molecule has 0 amide bonds. The summed E-state index contributed by atoms with van der Waals surface area (Å²) in [7, 11) is 0. The smallest absolute Gasteiger partial charge is 0.126 e. The van der Waals surface area contributed by atoms with Crippen LogP contribution in [-0.2, 0) is 12.8 Å². The monoisotopic (exact) mass is 241 g/mol. The lowest BCUT2D eigenvalue weighted by Crippen LogP contribution is -1.96. The standard InChI is InChI=1S/C16H16FN/c1-12(18)14-9-6-13(7-10-14)8-11-15-4-2-3-5-16(15)17/h2-7,9-10H,1,8,11,18H2. The number of hydrogen-bond acceptors (Lipinski definition) is 1. The van der Waals surface area contributed by atoms with E-state index in [0.717, 1.165) is 17.5 Å². The van der Waals surface area contributed by atoms with Crippen molar-refractivity contribution in [2.24, 2.45) is 5.73 Å². The van der Waals surface area contributed by atoms with Gasteiger partial charge in [-0.05, 0) is 35.6 Å². The molecule has 0 aromatic heterocycles. The molecule has 92 valence electrons. The van der Waals surface area contributed by atoms with Gasteiger partial charge in [-0.25, -0.2) is 4.39 Å². The number of hydrogen-bond donors (Lipinski definition) is 1. The fraction of sp³-hybridized carbons (Fsp3) is 0.125. The molecule has 0 spiro atoms. The molecule has 0 aliphatic heterocycles. The number of halogens is 1. The van der Waals surface area contributed by atoms with Gasteiger partial charge in [0.05, 0.1) is 0 Å². The minimum Gasteiger partial charge on any atom is -0.399 e. The van der Waals surface area contributed by atoms with Crippen molar-refractivity contribution in [3.63, 3.8) is 0 Å². The molecule has 0 bridgehead atoms. The van der Waals surface area contributed by atoms with E-state index in [1.165, 1.54) is 11.6 Å². The summed E-state index contributed by atoms with van der Waals surface area (Å²) >= 11 is 0. The van der Waals surface area contributed by atoms with Gasteiger partial charge in [-0.15, -0.1) is 0 Å². The summed E-state index contributed by atoms with van der Waals surface area (Å²) in [4.78, 5) is 0. The van der Waals surface area contributed by atoms with E-state index in [1.807, 2.05) is 36.4 Å². The van der Waals surface area contributed by atoms with Crippen LogP contribution in [0.1, 0.15) is 16.7 Å². The molecule has 0 aliphatic carbocycles. The zero-order valence-corrected chi connectivity index (χ0v) is 10.2. The maximum Gasteiger partial charge on any atom is 0.126 e. The van der Waals surface area contributed by atoms with Crippen LogP contribution in [0.25, 0.3) is 5.70 Å². The van der Waals surface area contributed by atoms with E-state index in [9.17, 15) is 4.39 Å². The third-order valence-electron chi connectivity index (χ3n) is 2.97. The second-order valence-corrected chi connectivity index (χ2v) is 4.31. The zero-order valence-electron chi connectivity index (χ0n) is 10.2. The van der Waals surface area contributed by atoms with Crippen LogP contribution < -0.4 is 5.73 Å².